The second-order valence-corrected chi connectivity index (χ2v) is 2.88. The van der Waals surface area contributed by atoms with Crippen molar-refractivity contribution in [2.24, 2.45) is 0 Å². The maximum absolute atomic E-state index is 2.24. The van der Waals surface area contributed by atoms with E-state index >= 15 is 0 Å². The van der Waals surface area contributed by atoms with Gasteiger partial charge < -0.3 is 0 Å². The maximum atomic E-state index is 2.24. The first-order valence-corrected chi connectivity index (χ1v) is 4.58. The summed E-state index contributed by atoms with van der Waals surface area (Å²) in [4.78, 5) is 0. The smallest absolute Gasteiger partial charge is 0.147 e. The Morgan fingerprint density at radius 3 is 1.56 bits per heavy atom. The van der Waals surface area contributed by atoms with E-state index in [1.54, 1.807) is 22.5 Å². The van der Waals surface area contributed by atoms with Crippen LogP contribution in [0.15, 0.2) is 0 Å². The Bertz CT molecular complexity index is 24.2. The molecule has 0 spiro atoms. The van der Waals surface area contributed by atoms with Crippen LogP contribution in [0.4, 0.5) is 0 Å². The van der Waals surface area contributed by atoms with Crippen molar-refractivity contribution in [3.8, 4) is 0 Å². The van der Waals surface area contributed by atoms with Gasteiger partial charge in [-0.25, -0.2) is 0 Å². The van der Waals surface area contributed by atoms with E-state index in [1.165, 1.54) is 23.7 Å². The minimum absolute atomic E-state index is 0. The van der Waals surface area contributed by atoms with Crippen LogP contribution in [-0.2, 0) is 0 Å². The van der Waals surface area contributed by atoms with Crippen LogP contribution in [0.2, 0.25) is 4.44 Å². The monoisotopic (exact) mass is 299 g/mol. The summed E-state index contributed by atoms with van der Waals surface area (Å²) in [7, 11) is 0. The molecular weight excluding hydrogens is 285 g/mol. The number of rotatable bonds is 3. The third-order valence-electron chi connectivity index (χ3n) is 0.780. The number of hydrogen-bond donors (Lipinski definition) is 0. The summed E-state index contributed by atoms with van der Waals surface area (Å²) in [6.45, 7) is 2.24. The van der Waals surface area contributed by atoms with Gasteiger partial charge in [-0.2, -0.15) is 0 Å². The van der Waals surface area contributed by atoms with Crippen LogP contribution in [0.5, 0.6) is 0 Å². The molecule has 4 heteroatoms. The standard InChI is InChI=1S/C5H11.3ClH.Sn/c1-3-5-4-2;;;;/h1,3-5H2,2H3;3*1H;. The van der Waals surface area contributed by atoms with E-state index in [9.17, 15) is 0 Å². The van der Waals surface area contributed by atoms with Gasteiger partial charge in [0, 0.05) is 0 Å². The molecule has 0 heterocycles. The van der Waals surface area contributed by atoms with Gasteiger partial charge in [0.25, 0.3) is 0 Å². The molecule has 0 nitrogen and oxygen atoms in total. The Balaban J connectivity index is -0.0000000417. The first-order chi connectivity index (χ1) is 2.91. The largest absolute Gasteiger partial charge is 0.147 e. The molecule has 0 aliphatic rings. The van der Waals surface area contributed by atoms with Crippen LogP contribution in [0.1, 0.15) is 26.2 Å². The van der Waals surface area contributed by atoms with Crippen molar-refractivity contribution in [2.75, 3.05) is 0 Å². The van der Waals surface area contributed by atoms with Gasteiger partial charge in [-0.15, -0.1) is 37.2 Å². The van der Waals surface area contributed by atoms with Crippen LogP contribution in [0.25, 0.3) is 0 Å². The average molecular weight is 299 g/mol. The zero-order valence-corrected chi connectivity index (χ0v) is 10.9. The second kappa shape index (κ2) is 22.6. The van der Waals surface area contributed by atoms with E-state index in [1.807, 2.05) is 0 Å². The molecule has 0 atom stereocenters. The Morgan fingerprint density at radius 2 is 1.44 bits per heavy atom. The van der Waals surface area contributed by atoms with Crippen molar-refractivity contribution < 1.29 is 0 Å². The molecule has 0 aromatic carbocycles. The molecule has 0 rings (SSSR count). The molecule has 0 aromatic rings. The molecule has 0 saturated carbocycles. The molecule has 0 aliphatic carbocycles. The van der Waals surface area contributed by atoms with Gasteiger partial charge in [0.15, 0.2) is 0 Å². The average Bonchev–Trinajstić information content (AvgIpc) is 1.61. The van der Waals surface area contributed by atoms with Crippen LogP contribution >= 0.6 is 37.2 Å². The van der Waals surface area contributed by atoms with Crippen molar-refractivity contribution in [3.05, 3.63) is 0 Å². The van der Waals surface area contributed by atoms with E-state index in [2.05, 4.69) is 6.92 Å². The molecule has 0 aliphatic heterocycles. The predicted molar refractivity (Wildman–Crippen MR) is 51.8 cm³/mol. The fourth-order valence-electron chi connectivity index (χ4n) is 0.375. The quantitative estimate of drug-likeness (QED) is 0.555. The fourth-order valence-corrected chi connectivity index (χ4v) is 1.09. The summed E-state index contributed by atoms with van der Waals surface area (Å²) >= 11 is 1.69. The zero-order valence-electron chi connectivity index (χ0n) is 5.55. The van der Waals surface area contributed by atoms with Gasteiger partial charge in [0.05, 0.1) is 0 Å². The third kappa shape index (κ3) is 26.1. The van der Waals surface area contributed by atoms with Gasteiger partial charge in [-0.1, -0.05) is 0 Å². The Morgan fingerprint density at radius 1 is 1.00 bits per heavy atom. The van der Waals surface area contributed by atoms with E-state index in [0.717, 1.165) is 0 Å². The van der Waals surface area contributed by atoms with Gasteiger partial charge in [0.2, 0.25) is 0 Å². The molecule has 3 radical (unpaired) electrons. The molecule has 0 saturated heterocycles. The van der Waals surface area contributed by atoms with Crippen molar-refractivity contribution in [1.29, 1.82) is 0 Å². The SMILES string of the molecule is CCCC[CH2][Sn].Cl.Cl.Cl. The molecule has 0 bridgehead atoms. The van der Waals surface area contributed by atoms with Gasteiger partial charge >= 0.3 is 53.1 Å². The zero-order chi connectivity index (χ0) is 4.83. The van der Waals surface area contributed by atoms with E-state index < -0.39 is 0 Å². The summed E-state index contributed by atoms with van der Waals surface area (Å²) in [5.74, 6) is 0. The number of hydrogen-bond acceptors (Lipinski definition) is 0. The van der Waals surface area contributed by atoms with Crippen LogP contribution < -0.4 is 0 Å². The van der Waals surface area contributed by atoms with Gasteiger partial charge in [-0.3, -0.25) is 0 Å². The first-order valence-electron chi connectivity index (χ1n) is 2.56. The van der Waals surface area contributed by atoms with Crippen molar-refractivity contribution in [1.82, 2.24) is 0 Å². The van der Waals surface area contributed by atoms with E-state index in [4.69, 9.17) is 0 Å². The summed E-state index contributed by atoms with van der Waals surface area (Å²) in [5.41, 5.74) is 0. The third-order valence-corrected chi connectivity index (χ3v) is 1.79. The van der Waals surface area contributed by atoms with Crippen molar-refractivity contribution in [2.45, 2.75) is 30.6 Å². The van der Waals surface area contributed by atoms with Crippen LogP contribution in [0, 0.1) is 0 Å². The predicted octanol–water partition coefficient (Wildman–Crippen LogP) is 3.03. The van der Waals surface area contributed by atoms with Crippen LogP contribution in [-0.4, -0.2) is 22.5 Å². The van der Waals surface area contributed by atoms with Gasteiger partial charge in [-0.05, 0) is 0 Å². The molecule has 59 valence electrons. The van der Waals surface area contributed by atoms with E-state index in [-0.39, 0.29) is 37.2 Å². The number of unbranched alkanes of at least 4 members (excludes halogenated alkanes) is 2. The molecular formula is C5H14Cl3Sn. The molecule has 0 fully saturated rings. The van der Waals surface area contributed by atoms with E-state index in [0.29, 0.717) is 0 Å². The number of halogens is 3. The Hall–Kier alpha value is 1.67. The minimum Gasteiger partial charge on any atom is -0.147 e. The topological polar surface area (TPSA) is 0 Å². The summed E-state index contributed by atoms with van der Waals surface area (Å²) < 4.78 is 1.44. The normalized spacial score (nSPS) is 6.00. The first kappa shape index (κ1) is 22.4. The fraction of sp³-hybridized carbons (Fsp3) is 1.00. The summed E-state index contributed by atoms with van der Waals surface area (Å²) in [6.07, 6.45) is 4.26. The van der Waals surface area contributed by atoms with Crippen LogP contribution in [0.3, 0.4) is 0 Å². The minimum atomic E-state index is 0. The van der Waals surface area contributed by atoms with Crippen molar-refractivity contribution >= 4 is 59.7 Å². The Kier molecular flexibility index (Phi) is 56.3. The Labute approximate surface area is 89.9 Å². The maximum Gasteiger partial charge on any atom is -0.147 e. The molecule has 0 N–H and O–H groups in total. The molecule has 0 amide bonds. The second-order valence-electron chi connectivity index (χ2n) is 1.46. The molecule has 9 heavy (non-hydrogen) atoms. The van der Waals surface area contributed by atoms with Crippen molar-refractivity contribution in [3.63, 3.8) is 0 Å². The summed E-state index contributed by atoms with van der Waals surface area (Å²) in [5, 5.41) is 0. The molecule has 0 unspecified atom stereocenters. The van der Waals surface area contributed by atoms with Gasteiger partial charge in [0.1, 0.15) is 0 Å². The summed E-state index contributed by atoms with van der Waals surface area (Å²) in [6, 6.07) is 0. The molecule has 0 aromatic heterocycles.